The summed E-state index contributed by atoms with van der Waals surface area (Å²) >= 11 is 0. The molecule has 23 heavy (non-hydrogen) atoms. The van der Waals surface area contributed by atoms with Gasteiger partial charge in [0.1, 0.15) is 5.75 Å². The van der Waals surface area contributed by atoms with Crippen molar-refractivity contribution in [2.45, 2.75) is 45.6 Å². The van der Waals surface area contributed by atoms with E-state index in [-0.39, 0.29) is 6.15 Å². The van der Waals surface area contributed by atoms with Crippen molar-refractivity contribution in [2.75, 3.05) is 5.73 Å². The minimum absolute atomic E-state index is 0.250. The van der Waals surface area contributed by atoms with Gasteiger partial charge in [-0.1, -0.05) is 13.0 Å². The lowest BCUT2D eigenvalue weighted by atomic mass is 9.89. The highest BCUT2D eigenvalue weighted by molar-refractivity contribution is 5.95. The number of anilines is 1. The Morgan fingerprint density at radius 1 is 1.22 bits per heavy atom. The number of nitrogen functional groups attached to an aromatic ring is 1. The summed E-state index contributed by atoms with van der Waals surface area (Å²) in [5, 5.41) is 0.955. The summed E-state index contributed by atoms with van der Waals surface area (Å²) in [7, 11) is 0. The molecule has 1 fully saturated rings. The number of hydrogen-bond donors (Lipinski definition) is 1. The number of fused-ring (bicyclic) bond motifs is 1. The van der Waals surface area contributed by atoms with Crippen LogP contribution in [0, 0.1) is 12.8 Å². The van der Waals surface area contributed by atoms with Crippen LogP contribution in [0.25, 0.3) is 10.9 Å². The summed E-state index contributed by atoms with van der Waals surface area (Å²) in [4.78, 5) is 20.8. The van der Waals surface area contributed by atoms with Gasteiger partial charge in [-0.05, 0) is 56.7 Å². The second kappa shape index (κ2) is 7.75. The van der Waals surface area contributed by atoms with E-state index in [0.717, 1.165) is 46.8 Å². The maximum atomic E-state index is 8.12. The largest absolute Gasteiger partial charge is 0.490 e. The molecule has 2 aromatic rings. The fraction of sp³-hybridized carbons (Fsp3) is 0.444. The standard InChI is InChI=1S/C17H22N2O.CO2/c1-11-6-8-13(9-7-11)20-16-5-3-4-15-17(16)14(18)10-12(2)19-15;2-1-3/h3-5,10-11,13H,6-9H2,1-2H3,(H2,18,19);. The molecule has 5 nitrogen and oxygen atoms in total. The van der Waals surface area contributed by atoms with Crippen LogP contribution in [0.3, 0.4) is 0 Å². The van der Waals surface area contributed by atoms with Crippen molar-refractivity contribution in [1.82, 2.24) is 4.98 Å². The van der Waals surface area contributed by atoms with Gasteiger partial charge in [-0.2, -0.15) is 9.59 Å². The minimum atomic E-state index is 0.250. The number of nitrogens with zero attached hydrogens (tertiary/aromatic N) is 1. The third-order valence-electron chi connectivity index (χ3n) is 4.21. The van der Waals surface area contributed by atoms with Crippen LogP contribution in [0.5, 0.6) is 5.75 Å². The predicted molar refractivity (Wildman–Crippen MR) is 87.9 cm³/mol. The van der Waals surface area contributed by atoms with Crippen LogP contribution in [0.2, 0.25) is 0 Å². The monoisotopic (exact) mass is 314 g/mol. The summed E-state index contributed by atoms with van der Waals surface area (Å²) in [6, 6.07) is 7.91. The Labute approximate surface area is 135 Å². The number of benzene rings is 1. The number of nitrogens with two attached hydrogens (primary N) is 1. The number of aryl methyl sites for hydroxylation is 1. The Bertz CT molecular complexity index is 701. The third kappa shape index (κ3) is 4.30. The molecular formula is C18H22N2O3. The second-order valence-corrected chi connectivity index (χ2v) is 6.09. The molecule has 0 radical (unpaired) electrons. The van der Waals surface area contributed by atoms with E-state index in [2.05, 4.69) is 11.9 Å². The van der Waals surface area contributed by atoms with Crippen LogP contribution in [-0.4, -0.2) is 17.2 Å². The molecule has 0 aliphatic heterocycles. The fourth-order valence-electron chi connectivity index (χ4n) is 3.05. The minimum Gasteiger partial charge on any atom is -0.490 e. The molecule has 0 amide bonds. The summed E-state index contributed by atoms with van der Waals surface area (Å²) in [5.74, 6) is 1.71. The molecule has 3 rings (SSSR count). The zero-order valence-electron chi connectivity index (χ0n) is 13.5. The van der Waals surface area contributed by atoms with E-state index in [1.54, 1.807) is 0 Å². The van der Waals surface area contributed by atoms with Crippen LogP contribution in [0.4, 0.5) is 5.69 Å². The average Bonchev–Trinajstić information content (AvgIpc) is 2.50. The van der Waals surface area contributed by atoms with E-state index in [1.807, 2.05) is 31.2 Å². The van der Waals surface area contributed by atoms with E-state index >= 15 is 0 Å². The normalized spacial score (nSPS) is 20.3. The van der Waals surface area contributed by atoms with Crippen LogP contribution in [0.1, 0.15) is 38.3 Å². The first-order valence-corrected chi connectivity index (χ1v) is 7.87. The molecule has 1 heterocycles. The molecule has 122 valence electrons. The van der Waals surface area contributed by atoms with E-state index < -0.39 is 0 Å². The van der Waals surface area contributed by atoms with Gasteiger partial charge in [0, 0.05) is 11.4 Å². The van der Waals surface area contributed by atoms with Gasteiger partial charge in [0.05, 0.1) is 17.0 Å². The molecule has 1 aliphatic carbocycles. The third-order valence-corrected chi connectivity index (χ3v) is 4.21. The van der Waals surface area contributed by atoms with E-state index in [4.69, 9.17) is 20.1 Å². The highest BCUT2D eigenvalue weighted by Gasteiger charge is 2.20. The lowest BCUT2D eigenvalue weighted by Gasteiger charge is -2.27. The highest BCUT2D eigenvalue weighted by Crippen LogP contribution is 2.33. The zero-order valence-corrected chi connectivity index (χ0v) is 13.5. The number of ether oxygens (including phenoxy) is 1. The molecule has 0 unspecified atom stereocenters. The van der Waals surface area contributed by atoms with Gasteiger partial charge in [-0.25, -0.2) is 0 Å². The summed E-state index contributed by atoms with van der Waals surface area (Å²) in [6.45, 7) is 4.28. The second-order valence-electron chi connectivity index (χ2n) is 6.09. The molecular weight excluding hydrogens is 292 g/mol. The molecule has 1 aromatic carbocycles. The predicted octanol–water partition coefficient (Wildman–Crippen LogP) is 3.50. The topological polar surface area (TPSA) is 82.3 Å². The first kappa shape index (κ1) is 17.0. The number of pyridine rings is 1. The van der Waals surface area contributed by atoms with Gasteiger partial charge in [0.25, 0.3) is 0 Å². The van der Waals surface area contributed by atoms with Crippen LogP contribution >= 0.6 is 0 Å². The van der Waals surface area contributed by atoms with E-state index in [1.165, 1.54) is 12.8 Å². The number of hydrogen-bond acceptors (Lipinski definition) is 5. The molecule has 0 atom stereocenters. The molecule has 1 saturated carbocycles. The Hall–Kier alpha value is -2.39. The summed E-state index contributed by atoms with van der Waals surface area (Å²) in [6.07, 6.45) is 5.34. The van der Waals surface area contributed by atoms with Crippen molar-refractivity contribution in [1.29, 1.82) is 0 Å². The first-order valence-electron chi connectivity index (χ1n) is 7.87. The zero-order chi connectivity index (χ0) is 16.8. The average molecular weight is 314 g/mol. The SMILES string of the molecule is Cc1cc(N)c2c(OC3CCC(C)CC3)cccc2n1.O=C=O. The van der Waals surface area contributed by atoms with Crippen LogP contribution < -0.4 is 10.5 Å². The molecule has 0 saturated heterocycles. The first-order chi connectivity index (χ1) is 11.0. The van der Waals surface area contributed by atoms with Gasteiger partial charge in [-0.3, -0.25) is 4.98 Å². The lowest BCUT2D eigenvalue weighted by Crippen LogP contribution is -2.23. The van der Waals surface area contributed by atoms with Crippen molar-refractivity contribution in [2.24, 2.45) is 5.92 Å². The van der Waals surface area contributed by atoms with E-state index in [9.17, 15) is 0 Å². The van der Waals surface area contributed by atoms with Gasteiger partial charge in [-0.15, -0.1) is 0 Å². The Balaban J connectivity index is 0.000000595. The molecule has 5 heteroatoms. The van der Waals surface area contributed by atoms with Crippen LogP contribution in [0.15, 0.2) is 24.3 Å². The maximum Gasteiger partial charge on any atom is 0.373 e. The molecule has 0 spiro atoms. The molecule has 1 aromatic heterocycles. The van der Waals surface area contributed by atoms with Crippen molar-refractivity contribution >= 4 is 22.7 Å². The number of rotatable bonds is 2. The van der Waals surface area contributed by atoms with Crippen LogP contribution in [-0.2, 0) is 9.59 Å². The smallest absolute Gasteiger partial charge is 0.373 e. The summed E-state index contributed by atoms with van der Waals surface area (Å²) < 4.78 is 6.22. The Morgan fingerprint density at radius 2 is 1.87 bits per heavy atom. The fourth-order valence-corrected chi connectivity index (χ4v) is 3.05. The van der Waals surface area contributed by atoms with Gasteiger partial charge in [0.15, 0.2) is 0 Å². The van der Waals surface area contributed by atoms with Gasteiger partial charge < -0.3 is 10.5 Å². The molecule has 2 N–H and O–H groups in total. The van der Waals surface area contributed by atoms with Crippen molar-refractivity contribution < 1.29 is 14.3 Å². The van der Waals surface area contributed by atoms with Crippen molar-refractivity contribution in [3.63, 3.8) is 0 Å². The lowest BCUT2D eigenvalue weighted by molar-refractivity contribution is -0.191. The number of aromatic nitrogens is 1. The van der Waals surface area contributed by atoms with Gasteiger partial charge >= 0.3 is 6.15 Å². The Morgan fingerprint density at radius 3 is 2.52 bits per heavy atom. The van der Waals surface area contributed by atoms with Gasteiger partial charge in [0.2, 0.25) is 0 Å². The van der Waals surface area contributed by atoms with E-state index in [0.29, 0.717) is 6.10 Å². The Kier molecular flexibility index (Phi) is 5.72. The van der Waals surface area contributed by atoms with Crippen molar-refractivity contribution in [3.8, 4) is 5.75 Å². The van der Waals surface area contributed by atoms with Crippen molar-refractivity contribution in [3.05, 3.63) is 30.0 Å². The highest BCUT2D eigenvalue weighted by atomic mass is 16.5. The molecule has 1 aliphatic rings. The maximum absolute atomic E-state index is 8.12. The quantitative estimate of drug-likeness (QED) is 0.917. The number of carbonyl (C=O) groups excluding carboxylic acids is 2. The molecule has 0 bridgehead atoms. The summed E-state index contributed by atoms with van der Waals surface area (Å²) in [5.41, 5.74) is 8.79.